The molecule has 106 valence electrons. The van der Waals surface area contributed by atoms with E-state index >= 15 is 0 Å². The number of nitrogens with one attached hydrogen (secondary N) is 3. The van der Waals surface area contributed by atoms with Crippen LogP contribution in [0.3, 0.4) is 0 Å². The molecule has 1 saturated carbocycles. The molecular weight excluding hydrogens is 260 g/mol. The molecule has 1 aliphatic heterocycles. The van der Waals surface area contributed by atoms with Gasteiger partial charge in [-0.1, -0.05) is 0 Å². The van der Waals surface area contributed by atoms with E-state index in [1.54, 1.807) is 6.07 Å². The average Bonchev–Trinajstić information content (AvgIpc) is 2.88. The van der Waals surface area contributed by atoms with E-state index < -0.39 is 4.92 Å². The number of nitrogens with zero attached hydrogens (tertiary/aromatic N) is 1. The molecule has 2 aliphatic rings. The average molecular weight is 276 g/mol. The lowest BCUT2D eigenvalue weighted by Gasteiger charge is -2.10. The Morgan fingerprint density at radius 2 is 2.10 bits per heavy atom. The number of rotatable bonds is 4. The second-order valence-electron chi connectivity index (χ2n) is 5.22. The van der Waals surface area contributed by atoms with Crippen molar-refractivity contribution in [1.29, 1.82) is 0 Å². The summed E-state index contributed by atoms with van der Waals surface area (Å²) >= 11 is 0. The molecule has 1 saturated heterocycles. The number of nitro benzene ring substituents is 1. The maximum absolute atomic E-state index is 11.6. The summed E-state index contributed by atoms with van der Waals surface area (Å²) in [5.74, 6) is 0.831. The van der Waals surface area contributed by atoms with Crippen LogP contribution in [-0.4, -0.2) is 37.0 Å². The van der Waals surface area contributed by atoms with Crippen LogP contribution in [0, 0.1) is 22.0 Å². The summed E-state index contributed by atoms with van der Waals surface area (Å²) < 4.78 is 0. The quantitative estimate of drug-likeness (QED) is 0.552. The van der Waals surface area contributed by atoms with Crippen LogP contribution in [-0.2, 0) is 0 Å². The zero-order valence-electron chi connectivity index (χ0n) is 11.1. The molecule has 1 amide bonds. The number of hydrogen-bond acceptors (Lipinski definition) is 5. The Bertz CT molecular complexity index is 565. The SMILES string of the molecule is CNC(=O)c1ccc([N+](=O)[O-])c(NC2C3CNCC32)c1. The van der Waals surface area contributed by atoms with Crippen molar-refractivity contribution >= 4 is 17.3 Å². The van der Waals surface area contributed by atoms with Crippen molar-refractivity contribution in [3.63, 3.8) is 0 Å². The van der Waals surface area contributed by atoms with Crippen molar-refractivity contribution in [1.82, 2.24) is 10.6 Å². The van der Waals surface area contributed by atoms with Crippen LogP contribution in [0.5, 0.6) is 0 Å². The van der Waals surface area contributed by atoms with Crippen molar-refractivity contribution < 1.29 is 9.72 Å². The van der Waals surface area contributed by atoms with Gasteiger partial charge in [0.15, 0.2) is 0 Å². The van der Waals surface area contributed by atoms with Gasteiger partial charge in [0, 0.05) is 37.8 Å². The lowest BCUT2D eigenvalue weighted by Crippen LogP contribution is -2.22. The molecule has 20 heavy (non-hydrogen) atoms. The zero-order valence-corrected chi connectivity index (χ0v) is 11.1. The van der Waals surface area contributed by atoms with Crippen LogP contribution in [0.15, 0.2) is 18.2 Å². The fraction of sp³-hybridized carbons (Fsp3) is 0.462. The van der Waals surface area contributed by atoms with E-state index in [1.807, 2.05) is 0 Å². The topological polar surface area (TPSA) is 96.3 Å². The molecule has 1 aliphatic carbocycles. The predicted molar refractivity (Wildman–Crippen MR) is 73.7 cm³/mol. The smallest absolute Gasteiger partial charge is 0.292 e. The number of fused-ring (bicyclic) bond motifs is 1. The number of hydrogen-bond donors (Lipinski definition) is 3. The van der Waals surface area contributed by atoms with Gasteiger partial charge in [-0.25, -0.2) is 0 Å². The normalized spacial score (nSPS) is 26.8. The molecular formula is C13H16N4O3. The second-order valence-corrected chi connectivity index (χ2v) is 5.22. The third kappa shape index (κ3) is 2.09. The maximum atomic E-state index is 11.6. The summed E-state index contributed by atoms with van der Waals surface area (Å²) in [6, 6.07) is 4.68. The zero-order chi connectivity index (χ0) is 14.3. The van der Waals surface area contributed by atoms with E-state index in [4.69, 9.17) is 0 Å². The van der Waals surface area contributed by atoms with Crippen molar-refractivity contribution in [3.05, 3.63) is 33.9 Å². The van der Waals surface area contributed by atoms with Gasteiger partial charge in [0.2, 0.25) is 0 Å². The summed E-state index contributed by atoms with van der Waals surface area (Å²) in [5.41, 5.74) is 0.857. The van der Waals surface area contributed by atoms with Gasteiger partial charge in [-0.15, -0.1) is 0 Å². The largest absolute Gasteiger partial charge is 0.376 e. The van der Waals surface area contributed by atoms with Gasteiger partial charge in [-0.05, 0) is 24.0 Å². The molecule has 0 spiro atoms. The standard InChI is InChI=1S/C13H16N4O3/c1-14-13(18)7-2-3-11(17(19)20)10(4-7)16-12-8-5-15-6-9(8)12/h2-4,8-9,12,15-16H,5-6H2,1H3,(H,14,18). The molecule has 0 aromatic heterocycles. The highest BCUT2D eigenvalue weighted by atomic mass is 16.6. The Hall–Kier alpha value is -2.15. The van der Waals surface area contributed by atoms with Gasteiger partial charge < -0.3 is 16.0 Å². The number of anilines is 1. The van der Waals surface area contributed by atoms with Gasteiger partial charge in [-0.3, -0.25) is 14.9 Å². The first-order valence-electron chi connectivity index (χ1n) is 6.59. The second kappa shape index (κ2) is 4.75. The minimum absolute atomic E-state index is 0.00980. The summed E-state index contributed by atoms with van der Waals surface area (Å²) in [5, 5.41) is 20.1. The summed E-state index contributed by atoms with van der Waals surface area (Å²) in [7, 11) is 1.54. The van der Waals surface area contributed by atoms with E-state index in [2.05, 4.69) is 16.0 Å². The van der Waals surface area contributed by atoms with E-state index in [0.717, 1.165) is 13.1 Å². The molecule has 2 atom stereocenters. The Kier molecular flexibility index (Phi) is 3.06. The van der Waals surface area contributed by atoms with Crippen molar-refractivity contribution in [2.45, 2.75) is 6.04 Å². The van der Waals surface area contributed by atoms with Crippen LogP contribution in [0.1, 0.15) is 10.4 Å². The number of carbonyl (C=O) groups excluding carboxylic acids is 1. The van der Waals surface area contributed by atoms with Crippen molar-refractivity contribution in [2.75, 3.05) is 25.5 Å². The molecule has 2 fully saturated rings. The third-order valence-electron chi connectivity index (χ3n) is 4.10. The number of nitro groups is 1. The Labute approximate surface area is 115 Å². The van der Waals surface area contributed by atoms with Gasteiger partial charge in [0.1, 0.15) is 5.69 Å². The Balaban J connectivity index is 1.85. The van der Waals surface area contributed by atoms with Crippen LogP contribution < -0.4 is 16.0 Å². The summed E-state index contributed by atoms with van der Waals surface area (Å²) in [6.07, 6.45) is 0. The molecule has 1 heterocycles. The van der Waals surface area contributed by atoms with Crippen molar-refractivity contribution in [2.24, 2.45) is 11.8 Å². The van der Waals surface area contributed by atoms with E-state index in [1.165, 1.54) is 19.2 Å². The summed E-state index contributed by atoms with van der Waals surface area (Å²) in [4.78, 5) is 22.3. The monoisotopic (exact) mass is 276 g/mol. The van der Waals surface area contributed by atoms with Gasteiger partial charge in [0.05, 0.1) is 4.92 Å². The predicted octanol–water partition coefficient (Wildman–Crippen LogP) is 0.584. The fourth-order valence-corrected chi connectivity index (χ4v) is 2.91. The number of amides is 1. The van der Waals surface area contributed by atoms with Crippen LogP contribution >= 0.6 is 0 Å². The molecule has 7 nitrogen and oxygen atoms in total. The van der Waals surface area contributed by atoms with E-state index in [-0.39, 0.29) is 17.6 Å². The third-order valence-corrected chi connectivity index (χ3v) is 4.10. The Morgan fingerprint density at radius 1 is 1.40 bits per heavy atom. The number of carbonyl (C=O) groups is 1. The molecule has 3 N–H and O–H groups in total. The van der Waals surface area contributed by atoms with Gasteiger partial charge in [0.25, 0.3) is 11.6 Å². The lowest BCUT2D eigenvalue weighted by atomic mass is 10.1. The maximum Gasteiger partial charge on any atom is 0.292 e. The lowest BCUT2D eigenvalue weighted by molar-refractivity contribution is -0.384. The molecule has 3 rings (SSSR count). The molecule has 2 unspecified atom stereocenters. The highest BCUT2D eigenvalue weighted by molar-refractivity contribution is 5.95. The van der Waals surface area contributed by atoms with Crippen molar-refractivity contribution in [3.8, 4) is 0 Å². The first-order chi connectivity index (χ1) is 9.61. The van der Waals surface area contributed by atoms with Crippen LogP contribution in [0.2, 0.25) is 0 Å². The Morgan fingerprint density at radius 3 is 2.70 bits per heavy atom. The number of benzene rings is 1. The van der Waals surface area contributed by atoms with E-state index in [9.17, 15) is 14.9 Å². The first-order valence-corrected chi connectivity index (χ1v) is 6.59. The molecule has 0 radical (unpaired) electrons. The molecule has 1 aromatic rings. The molecule has 7 heteroatoms. The van der Waals surface area contributed by atoms with Gasteiger partial charge in [-0.2, -0.15) is 0 Å². The highest BCUT2D eigenvalue weighted by Gasteiger charge is 2.53. The van der Waals surface area contributed by atoms with Gasteiger partial charge >= 0.3 is 0 Å². The summed E-state index contributed by atoms with van der Waals surface area (Å²) in [6.45, 7) is 1.90. The minimum Gasteiger partial charge on any atom is -0.376 e. The van der Waals surface area contributed by atoms with Crippen LogP contribution in [0.4, 0.5) is 11.4 Å². The number of piperidine rings is 1. The minimum atomic E-state index is -0.424. The van der Waals surface area contributed by atoms with E-state index in [0.29, 0.717) is 23.1 Å². The molecule has 0 bridgehead atoms. The highest BCUT2D eigenvalue weighted by Crippen LogP contribution is 2.44. The fourth-order valence-electron chi connectivity index (χ4n) is 2.91. The first kappa shape index (κ1) is 12.9. The van der Waals surface area contributed by atoms with Crippen LogP contribution in [0.25, 0.3) is 0 Å². The molecule has 1 aromatic carbocycles.